The predicted molar refractivity (Wildman–Crippen MR) is 98.5 cm³/mol. The number of likely N-dealkylation sites (tertiary alicyclic amines) is 1. The number of hydrogen-bond acceptors (Lipinski definition) is 3. The normalized spacial score (nSPS) is 17.4. The third kappa shape index (κ3) is 4.34. The van der Waals surface area contributed by atoms with Crippen LogP contribution in [0.25, 0.3) is 0 Å². The number of nitrogens with zero attached hydrogens (tertiary/aromatic N) is 1. The van der Waals surface area contributed by atoms with E-state index >= 15 is 0 Å². The van der Waals surface area contributed by atoms with Crippen LogP contribution in [0, 0.1) is 12.7 Å². The van der Waals surface area contributed by atoms with Gasteiger partial charge in [-0.3, -0.25) is 4.90 Å². The largest absolute Gasteiger partial charge is 0.490 e. The molecular weight excluding hydrogens is 357 g/mol. The lowest BCUT2D eigenvalue weighted by atomic mass is 10.1. The third-order valence-corrected chi connectivity index (χ3v) is 4.98. The molecule has 1 N–H and O–H groups in total. The second-order valence-electron chi connectivity index (χ2n) is 6.63. The van der Waals surface area contributed by atoms with E-state index in [2.05, 4.69) is 36.1 Å². The highest BCUT2D eigenvalue weighted by atomic mass is 35.5. The first-order valence-corrected chi connectivity index (χ1v) is 8.96. The number of rotatable bonds is 6. The second kappa shape index (κ2) is 8.06. The Morgan fingerprint density at radius 2 is 2.08 bits per heavy atom. The van der Waals surface area contributed by atoms with E-state index in [1.807, 2.05) is 0 Å². The van der Waals surface area contributed by atoms with Crippen LogP contribution >= 0.6 is 11.6 Å². The quantitative estimate of drug-likeness (QED) is 0.803. The molecule has 1 aliphatic rings. The average molecular weight is 378 g/mol. The molecule has 0 unspecified atom stereocenters. The fourth-order valence-electron chi connectivity index (χ4n) is 3.21. The van der Waals surface area contributed by atoms with Crippen LogP contribution in [0.3, 0.4) is 0 Å². The van der Waals surface area contributed by atoms with Crippen molar-refractivity contribution in [1.29, 1.82) is 0 Å². The highest BCUT2D eigenvalue weighted by Crippen LogP contribution is 2.29. The van der Waals surface area contributed by atoms with Crippen molar-refractivity contribution in [3.05, 3.63) is 63.9 Å². The maximum absolute atomic E-state index is 13.8. The number of benzene rings is 2. The van der Waals surface area contributed by atoms with Crippen molar-refractivity contribution in [2.45, 2.75) is 32.4 Å². The van der Waals surface area contributed by atoms with Crippen molar-refractivity contribution in [3.63, 3.8) is 0 Å². The van der Waals surface area contributed by atoms with Crippen LogP contribution in [0.15, 0.2) is 36.4 Å². The number of aryl methyl sites for hydroxylation is 1. The molecule has 0 bridgehead atoms. The second-order valence-corrected chi connectivity index (χ2v) is 7.04. The molecule has 138 valence electrons. The maximum atomic E-state index is 13.8. The molecule has 1 heterocycles. The van der Waals surface area contributed by atoms with Crippen molar-refractivity contribution in [1.82, 2.24) is 4.90 Å². The summed E-state index contributed by atoms with van der Waals surface area (Å²) in [6.45, 7) is 4.28. The minimum Gasteiger partial charge on any atom is -0.490 e. The van der Waals surface area contributed by atoms with Crippen LogP contribution in [0.4, 0.5) is 4.39 Å². The van der Waals surface area contributed by atoms with Gasteiger partial charge in [-0.05, 0) is 37.9 Å². The Kier molecular flexibility index (Phi) is 5.79. The van der Waals surface area contributed by atoms with Crippen molar-refractivity contribution in [2.24, 2.45) is 0 Å². The van der Waals surface area contributed by atoms with Crippen LogP contribution < -0.4 is 4.74 Å². The SMILES string of the molecule is Cc1ccc(CN2CCC[C@@H]2COc2cc(F)c(C(=O)O)cc2Cl)cc1. The van der Waals surface area contributed by atoms with Gasteiger partial charge < -0.3 is 9.84 Å². The average Bonchev–Trinajstić information content (AvgIpc) is 3.04. The maximum Gasteiger partial charge on any atom is 0.338 e. The van der Waals surface area contributed by atoms with Gasteiger partial charge in [-0.2, -0.15) is 0 Å². The van der Waals surface area contributed by atoms with Crippen molar-refractivity contribution in [2.75, 3.05) is 13.2 Å². The van der Waals surface area contributed by atoms with Crippen molar-refractivity contribution >= 4 is 17.6 Å². The molecule has 26 heavy (non-hydrogen) atoms. The zero-order valence-electron chi connectivity index (χ0n) is 14.5. The lowest BCUT2D eigenvalue weighted by Crippen LogP contribution is -2.33. The Balaban J connectivity index is 1.64. The number of ether oxygens (including phenoxy) is 1. The summed E-state index contributed by atoms with van der Waals surface area (Å²) in [5.74, 6) is -2.02. The standard InChI is InChI=1S/C20H21ClFNO3/c1-13-4-6-14(7-5-13)11-23-8-2-3-15(23)12-26-19-10-18(22)16(20(24)25)9-17(19)21/h4-7,9-10,15H,2-3,8,11-12H2,1H3,(H,24,25)/t15-/m1/s1. The van der Waals surface area contributed by atoms with Crippen molar-refractivity contribution < 1.29 is 19.0 Å². The Hall–Kier alpha value is -2.11. The summed E-state index contributed by atoms with van der Waals surface area (Å²) in [6, 6.07) is 10.8. The summed E-state index contributed by atoms with van der Waals surface area (Å²) in [5.41, 5.74) is 2.03. The van der Waals surface area contributed by atoms with Gasteiger partial charge in [0.25, 0.3) is 0 Å². The van der Waals surface area contributed by atoms with E-state index in [0.29, 0.717) is 6.61 Å². The highest BCUT2D eigenvalue weighted by Gasteiger charge is 2.25. The van der Waals surface area contributed by atoms with E-state index in [1.165, 1.54) is 11.1 Å². The zero-order valence-corrected chi connectivity index (χ0v) is 15.3. The first-order chi connectivity index (χ1) is 12.4. The number of carboxylic acids is 1. The van der Waals surface area contributed by atoms with E-state index < -0.39 is 17.3 Å². The number of carboxylic acid groups (broad SMARTS) is 1. The van der Waals surface area contributed by atoms with Gasteiger partial charge in [0.15, 0.2) is 0 Å². The van der Waals surface area contributed by atoms with E-state index in [9.17, 15) is 9.18 Å². The van der Waals surface area contributed by atoms with E-state index in [0.717, 1.165) is 38.1 Å². The molecule has 1 atom stereocenters. The van der Waals surface area contributed by atoms with Crippen LogP contribution in [0.1, 0.15) is 34.3 Å². The van der Waals surface area contributed by atoms with Crippen LogP contribution in [-0.4, -0.2) is 35.2 Å². The van der Waals surface area contributed by atoms with Gasteiger partial charge in [0.2, 0.25) is 0 Å². The molecule has 0 radical (unpaired) electrons. The molecular formula is C20H21ClFNO3. The molecule has 1 aliphatic heterocycles. The number of hydrogen-bond donors (Lipinski definition) is 1. The zero-order chi connectivity index (χ0) is 18.7. The number of halogens is 2. The van der Waals surface area contributed by atoms with E-state index in [-0.39, 0.29) is 16.8 Å². The molecule has 4 nitrogen and oxygen atoms in total. The van der Waals surface area contributed by atoms with Gasteiger partial charge in [-0.25, -0.2) is 9.18 Å². The smallest absolute Gasteiger partial charge is 0.338 e. The molecule has 2 aromatic rings. The highest BCUT2D eigenvalue weighted by molar-refractivity contribution is 6.32. The molecule has 0 aliphatic carbocycles. The minimum atomic E-state index is -1.35. The Labute approximate surface area is 157 Å². The van der Waals surface area contributed by atoms with Crippen molar-refractivity contribution in [3.8, 4) is 5.75 Å². The fourth-order valence-corrected chi connectivity index (χ4v) is 3.43. The predicted octanol–water partition coefficient (Wildman–Crippen LogP) is 4.53. The van der Waals surface area contributed by atoms with Crippen LogP contribution in [0.2, 0.25) is 5.02 Å². The lowest BCUT2D eigenvalue weighted by molar-refractivity contribution is 0.0691. The van der Waals surface area contributed by atoms with Crippen LogP contribution in [-0.2, 0) is 6.54 Å². The topological polar surface area (TPSA) is 49.8 Å². The summed E-state index contributed by atoms with van der Waals surface area (Å²) < 4.78 is 19.6. The van der Waals surface area contributed by atoms with Gasteiger partial charge in [-0.1, -0.05) is 41.4 Å². The van der Waals surface area contributed by atoms with Gasteiger partial charge in [-0.15, -0.1) is 0 Å². The first kappa shape index (κ1) is 18.7. The fraction of sp³-hybridized carbons (Fsp3) is 0.350. The minimum absolute atomic E-state index is 0.104. The third-order valence-electron chi connectivity index (χ3n) is 4.69. The molecule has 0 spiro atoms. The Morgan fingerprint density at radius 3 is 2.77 bits per heavy atom. The molecule has 6 heteroatoms. The Bertz CT molecular complexity index is 794. The monoisotopic (exact) mass is 377 g/mol. The molecule has 0 saturated carbocycles. The van der Waals surface area contributed by atoms with Gasteiger partial charge in [0.05, 0.1) is 10.6 Å². The summed E-state index contributed by atoms with van der Waals surface area (Å²) in [5, 5.41) is 9.03. The summed E-state index contributed by atoms with van der Waals surface area (Å²) >= 11 is 6.04. The lowest BCUT2D eigenvalue weighted by Gasteiger charge is -2.25. The molecule has 0 amide bonds. The molecule has 1 saturated heterocycles. The van der Waals surface area contributed by atoms with Gasteiger partial charge in [0.1, 0.15) is 18.2 Å². The molecule has 0 aromatic heterocycles. The van der Waals surface area contributed by atoms with E-state index in [1.54, 1.807) is 0 Å². The van der Waals surface area contributed by atoms with Crippen LogP contribution in [0.5, 0.6) is 5.75 Å². The molecule has 2 aromatic carbocycles. The Morgan fingerprint density at radius 1 is 1.35 bits per heavy atom. The molecule has 1 fully saturated rings. The first-order valence-electron chi connectivity index (χ1n) is 8.59. The summed E-state index contributed by atoms with van der Waals surface area (Å²) in [6.07, 6.45) is 2.08. The van der Waals surface area contributed by atoms with E-state index in [4.69, 9.17) is 21.4 Å². The van der Waals surface area contributed by atoms with Gasteiger partial charge >= 0.3 is 5.97 Å². The summed E-state index contributed by atoms with van der Waals surface area (Å²) in [7, 11) is 0. The number of carbonyl (C=O) groups is 1. The molecule has 3 rings (SSSR count). The van der Waals surface area contributed by atoms with Gasteiger partial charge in [0, 0.05) is 18.7 Å². The number of aromatic carboxylic acids is 1. The summed E-state index contributed by atoms with van der Waals surface area (Å²) in [4.78, 5) is 13.3.